The van der Waals surface area contributed by atoms with Crippen molar-refractivity contribution in [2.24, 2.45) is 0 Å². The van der Waals surface area contributed by atoms with Gasteiger partial charge >= 0.3 is 0 Å². The number of hydrogen-bond acceptors (Lipinski definition) is 4. The molecule has 0 unspecified atom stereocenters. The Morgan fingerprint density at radius 2 is 2.10 bits per heavy atom. The molecule has 0 amide bonds. The van der Waals surface area contributed by atoms with Crippen molar-refractivity contribution in [1.82, 2.24) is 9.97 Å². The Hall–Kier alpha value is -0.480. The van der Waals surface area contributed by atoms with Crippen LogP contribution >= 0.6 is 21.6 Å². The summed E-state index contributed by atoms with van der Waals surface area (Å²) in [6, 6.07) is 0. The predicted molar refractivity (Wildman–Crippen MR) is 45.4 cm³/mol. The predicted octanol–water partition coefficient (Wildman–Crippen LogP) is 0.348. The summed E-state index contributed by atoms with van der Waals surface area (Å²) in [5.74, 6) is 0. The van der Waals surface area contributed by atoms with Crippen molar-refractivity contribution in [3.8, 4) is 0 Å². The Labute approximate surface area is 65.9 Å². The van der Waals surface area contributed by atoms with E-state index in [1.54, 1.807) is 27.9 Å². The molecule has 0 radical (unpaired) electrons. The molecule has 50 valence electrons. The highest BCUT2D eigenvalue weighted by Gasteiger charge is 1.92. The van der Waals surface area contributed by atoms with E-state index in [1.807, 2.05) is 11.6 Å². The fourth-order valence-electron chi connectivity index (χ4n) is 0.692. The van der Waals surface area contributed by atoms with Gasteiger partial charge in [0.25, 0.3) is 0 Å². The van der Waals surface area contributed by atoms with E-state index < -0.39 is 0 Å². The number of fused-ring (bicyclic) bond motifs is 1. The standard InChI is InChI=1S/C6H4N2S2/c1-5-2-9-10-3-6(5)8-4-7-1/h1-4H. The summed E-state index contributed by atoms with van der Waals surface area (Å²) in [7, 11) is 3.38. The van der Waals surface area contributed by atoms with Crippen LogP contribution in [0.3, 0.4) is 0 Å². The second-order valence-electron chi connectivity index (χ2n) is 1.79. The van der Waals surface area contributed by atoms with Crippen LogP contribution < -0.4 is 10.6 Å². The van der Waals surface area contributed by atoms with E-state index in [1.165, 1.54) is 0 Å². The molecular weight excluding hydrogens is 164 g/mol. The normalized spacial score (nSPS) is 14.8. The zero-order valence-electron chi connectivity index (χ0n) is 5.02. The van der Waals surface area contributed by atoms with E-state index in [-0.39, 0.29) is 0 Å². The van der Waals surface area contributed by atoms with Crippen molar-refractivity contribution in [3.63, 3.8) is 0 Å². The summed E-state index contributed by atoms with van der Waals surface area (Å²) in [4.78, 5) is 8.00. The van der Waals surface area contributed by atoms with Crippen LogP contribution in [0.1, 0.15) is 0 Å². The van der Waals surface area contributed by atoms with Crippen molar-refractivity contribution in [1.29, 1.82) is 0 Å². The third-order valence-electron chi connectivity index (χ3n) is 1.16. The summed E-state index contributed by atoms with van der Waals surface area (Å²) in [5.41, 5.74) is 0. The van der Waals surface area contributed by atoms with Gasteiger partial charge in [0.05, 0.1) is 5.35 Å². The van der Waals surface area contributed by atoms with Crippen LogP contribution in [0.4, 0.5) is 0 Å². The molecule has 2 rings (SSSR count). The second-order valence-corrected chi connectivity index (χ2v) is 3.80. The fraction of sp³-hybridized carbons (Fsp3) is 0. The molecule has 1 aromatic heterocycles. The monoisotopic (exact) mass is 168 g/mol. The van der Waals surface area contributed by atoms with Crippen molar-refractivity contribution in [2.75, 3.05) is 0 Å². The van der Waals surface area contributed by atoms with E-state index in [2.05, 4.69) is 15.4 Å². The molecule has 0 bridgehead atoms. The van der Waals surface area contributed by atoms with Crippen molar-refractivity contribution < 1.29 is 0 Å². The van der Waals surface area contributed by atoms with Crippen LogP contribution in [0.5, 0.6) is 0 Å². The maximum absolute atomic E-state index is 4.09. The maximum atomic E-state index is 4.09. The maximum Gasteiger partial charge on any atom is 0.116 e. The molecular formula is C6H4N2S2. The van der Waals surface area contributed by atoms with Gasteiger partial charge in [0.2, 0.25) is 0 Å². The molecule has 0 aromatic carbocycles. The summed E-state index contributed by atoms with van der Waals surface area (Å²) in [6.45, 7) is 0. The average Bonchev–Trinajstić information content (AvgIpc) is 2.05. The summed E-state index contributed by atoms with van der Waals surface area (Å²) in [5, 5.41) is 6.23. The Balaban J connectivity index is 2.84. The lowest BCUT2D eigenvalue weighted by Gasteiger charge is -1.94. The molecule has 0 saturated heterocycles. The third-order valence-corrected chi connectivity index (χ3v) is 2.85. The van der Waals surface area contributed by atoms with Crippen LogP contribution in [-0.2, 0) is 0 Å². The lowest BCUT2D eigenvalue weighted by molar-refractivity contribution is 1.10. The second kappa shape index (κ2) is 2.64. The first-order valence-corrected chi connectivity index (χ1v) is 5.03. The van der Waals surface area contributed by atoms with Crippen LogP contribution in [0.2, 0.25) is 0 Å². The van der Waals surface area contributed by atoms with E-state index in [0.29, 0.717) is 0 Å². The molecule has 1 aromatic rings. The topological polar surface area (TPSA) is 25.8 Å². The SMILES string of the molecule is C1=c2cncnc2=CSS1. The van der Waals surface area contributed by atoms with Crippen LogP contribution in [0.25, 0.3) is 10.8 Å². The number of nitrogens with zero attached hydrogens (tertiary/aromatic N) is 2. The van der Waals surface area contributed by atoms with Crippen LogP contribution in [0, 0.1) is 0 Å². The molecule has 4 heteroatoms. The van der Waals surface area contributed by atoms with Crippen molar-refractivity contribution in [3.05, 3.63) is 23.1 Å². The van der Waals surface area contributed by atoms with Gasteiger partial charge in [0.1, 0.15) is 6.33 Å². The molecule has 0 aliphatic carbocycles. The molecule has 0 saturated carbocycles. The van der Waals surface area contributed by atoms with Gasteiger partial charge in [-0.25, -0.2) is 9.97 Å². The molecule has 10 heavy (non-hydrogen) atoms. The quantitative estimate of drug-likeness (QED) is 0.522. The van der Waals surface area contributed by atoms with Gasteiger partial charge in [-0.2, -0.15) is 0 Å². The first-order chi connectivity index (χ1) is 4.97. The first kappa shape index (κ1) is 6.24. The summed E-state index contributed by atoms with van der Waals surface area (Å²) < 4.78 is 0. The Morgan fingerprint density at radius 1 is 1.20 bits per heavy atom. The highest BCUT2D eigenvalue weighted by Crippen LogP contribution is 2.24. The molecule has 1 aliphatic heterocycles. The van der Waals surface area contributed by atoms with Gasteiger partial charge < -0.3 is 0 Å². The minimum Gasteiger partial charge on any atom is -0.244 e. The molecule has 0 atom stereocenters. The highest BCUT2D eigenvalue weighted by atomic mass is 33.1. The van der Waals surface area contributed by atoms with Crippen LogP contribution in [0.15, 0.2) is 12.5 Å². The summed E-state index contributed by atoms with van der Waals surface area (Å²) in [6.07, 6.45) is 3.39. The molecule has 0 spiro atoms. The van der Waals surface area contributed by atoms with Gasteiger partial charge in [0.15, 0.2) is 0 Å². The Bertz CT molecular complexity index is 312. The van der Waals surface area contributed by atoms with Gasteiger partial charge in [-0.1, -0.05) is 21.6 Å². The Kier molecular flexibility index (Phi) is 1.65. The molecule has 0 N–H and O–H groups in total. The number of hydrogen-bond donors (Lipinski definition) is 0. The van der Waals surface area contributed by atoms with E-state index in [0.717, 1.165) is 10.6 Å². The van der Waals surface area contributed by atoms with E-state index in [9.17, 15) is 0 Å². The fourth-order valence-corrected chi connectivity index (χ4v) is 2.29. The van der Waals surface area contributed by atoms with Gasteiger partial charge in [-0.3, -0.25) is 0 Å². The highest BCUT2D eigenvalue weighted by molar-refractivity contribution is 8.82. The van der Waals surface area contributed by atoms with Crippen molar-refractivity contribution in [2.45, 2.75) is 0 Å². The largest absolute Gasteiger partial charge is 0.244 e. The summed E-state index contributed by atoms with van der Waals surface area (Å²) >= 11 is 0. The van der Waals surface area contributed by atoms with Gasteiger partial charge in [0, 0.05) is 16.8 Å². The Morgan fingerprint density at radius 3 is 3.00 bits per heavy atom. The van der Waals surface area contributed by atoms with Crippen molar-refractivity contribution >= 4 is 32.4 Å². The molecule has 2 nitrogen and oxygen atoms in total. The zero-order valence-corrected chi connectivity index (χ0v) is 6.65. The zero-order chi connectivity index (χ0) is 6.81. The smallest absolute Gasteiger partial charge is 0.116 e. The minimum absolute atomic E-state index is 1.03. The lowest BCUT2D eigenvalue weighted by Crippen LogP contribution is -2.28. The number of rotatable bonds is 0. The van der Waals surface area contributed by atoms with E-state index in [4.69, 9.17) is 0 Å². The van der Waals surface area contributed by atoms with Crippen LogP contribution in [-0.4, -0.2) is 9.97 Å². The van der Waals surface area contributed by atoms with Gasteiger partial charge in [-0.05, 0) is 5.41 Å². The molecule has 1 aliphatic rings. The lowest BCUT2D eigenvalue weighted by atomic mass is 10.5. The average molecular weight is 168 g/mol. The minimum atomic E-state index is 1.03. The molecule has 0 fully saturated rings. The molecule has 2 heterocycles. The number of aromatic nitrogens is 2. The first-order valence-electron chi connectivity index (χ1n) is 2.75. The third kappa shape index (κ3) is 1.04. The van der Waals surface area contributed by atoms with E-state index >= 15 is 0 Å². The van der Waals surface area contributed by atoms with Gasteiger partial charge in [-0.15, -0.1) is 0 Å².